The lowest BCUT2D eigenvalue weighted by Gasteiger charge is -2.05. The maximum atomic E-state index is 11.1. The Balaban J connectivity index is 2.88. The molecular formula is C11H10N2O. The minimum absolute atomic E-state index is 0.429. The molecule has 0 aliphatic carbocycles. The molecular weight excluding hydrogens is 176 g/mol. The van der Waals surface area contributed by atoms with Crippen LogP contribution in [0, 0.1) is 0 Å². The highest BCUT2D eigenvalue weighted by atomic mass is 16.1. The van der Waals surface area contributed by atoms with Crippen LogP contribution in [-0.2, 0) is 0 Å². The van der Waals surface area contributed by atoms with Crippen molar-refractivity contribution in [2.75, 3.05) is 5.73 Å². The van der Waals surface area contributed by atoms with E-state index in [0.29, 0.717) is 11.3 Å². The van der Waals surface area contributed by atoms with Crippen LogP contribution in [-0.4, -0.2) is 5.91 Å². The van der Waals surface area contributed by atoms with Gasteiger partial charge in [-0.05, 0) is 17.5 Å². The van der Waals surface area contributed by atoms with Crippen LogP contribution in [0.5, 0.6) is 0 Å². The summed E-state index contributed by atoms with van der Waals surface area (Å²) in [5.74, 6) is -0.429. The average Bonchev–Trinajstić information content (AvgIpc) is 2.18. The van der Waals surface area contributed by atoms with E-state index in [1.54, 1.807) is 12.1 Å². The number of carbonyl (C=O) groups excluding carboxylic acids is 1. The van der Waals surface area contributed by atoms with E-state index in [9.17, 15) is 4.79 Å². The molecule has 3 heteroatoms. The first-order valence-electron chi connectivity index (χ1n) is 4.27. The Hall–Kier alpha value is -2.03. The first kappa shape index (κ1) is 8.56. The normalized spacial score (nSPS) is 10.3. The van der Waals surface area contributed by atoms with E-state index >= 15 is 0 Å². The third-order valence-electron chi connectivity index (χ3n) is 2.22. The van der Waals surface area contributed by atoms with Crippen molar-refractivity contribution in [1.82, 2.24) is 0 Å². The minimum atomic E-state index is -0.429. The van der Waals surface area contributed by atoms with Crippen LogP contribution in [0.4, 0.5) is 5.69 Å². The number of primary amides is 1. The Kier molecular flexibility index (Phi) is 1.85. The van der Waals surface area contributed by atoms with Crippen molar-refractivity contribution in [3.8, 4) is 0 Å². The number of amides is 1. The highest BCUT2D eigenvalue weighted by Gasteiger charge is 2.06. The lowest BCUT2D eigenvalue weighted by Crippen LogP contribution is -2.11. The van der Waals surface area contributed by atoms with Crippen molar-refractivity contribution in [2.24, 2.45) is 5.73 Å². The van der Waals surface area contributed by atoms with Crippen LogP contribution in [0.15, 0.2) is 36.4 Å². The van der Waals surface area contributed by atoms with Gasteiger partial charge in [0, 0.05) is 16.6 Å². The average molecular weight is 186 g/mol. The van der Waals surface area contributed by atoms with Crippen LogP contribution >= 0.6 is 0 Å². The van der Waals surface area contributed by atoms with Crippen molar-refractivity contribution in [3.63, 3.8) is 0 Å². The van der Waals surface area contributed by atoms with Crippen molar-refractivity contribution in [2.45, 2.75) is 0 Å². The summed E-state index contributed by atoms with van der Waals surface area (Å²) in [4.78, 5) is 11.1. The first-order valence-corrected chi connectivity index (χ1v) is 4.27. The van der Waals surface area contributed by atoms with Crippen LogP contribution in [0.2, 0.25) is 0 Å². The van der Waals surface area contributed by atoms with E-state index in [4.69, 9.17) is 11.5 Å². The molecule has 0 bridgehead atoms. The number of benzene rings is 2. The molecule has 0 aliphatic rings. The quantitative estimate of drug-likeness (QED) is 0.663. The van der Waals surface area contributed by atoms with Crippen LogP contribution in [0.1, 0.15) is 10.4 Å². The maximum absolute atomic E-state index is 11.1. The van der Waals surface area contributed by atoms with Gasteiger partial charge in [0.15, 0.2) is 0 Å². The Morgan fingerprint density at radius 2 is 1.64 bits per heavy atom. The molecule has 2 aromatic rings. The zero-order chi connectivity index (χ0) is 10.1. The summed E-state index contributed by atoms with van der Waals surface area (Å²) in [6.45, 7) is 0. The van der Waals surface area contributed by atoms with Gasteiger partial charge in [-0.1, -0.05) is 24.3 Å². The summed E-state index contributed by atoms with van der Waals surface area (Å²) in [6.07, 6.45) is 0. The number of carbonyl (C=O) groups is 1. The van der Waals surface area contributed by atoms with Gasteiger partial charge in [-0.3, -0.25) is 4.79 Å². The molecule has 0 saturated heterocycles. The largest absolute Gasteiger partial charge is 0.398 e. The molecule has 14 heavy (non-hydrogen) atoms. The molecule has 0 saturated carbocycles. The van der Waals surface area contributed by atoms with Gasteiger partial charge in [-0.15, -0.1) is 0 Å². The molecule has 0 aliphatic heterocycles. The smallest absolute Gasteiger partial charge is 0.249 e. The molecule has 70 valence electrons. The van der Waals surface area contributed by atoms with Gasteiger partial charge in [-0.25, -0.2) is 0 Å². The molecule has 0 spiro atoms. The van der Waals surface area contributed by atoms with Crippen molar-refractivity contribution >= 4 is 22.4 Å². The number of rotatable bonds is 1. The number of nitrogen functional groups attached to an aromatic ring is 1. The SMILES string of the molecule is NC(=O)c1ccc(N)c2ccccc12. The zero-order valence-corrected chi connectivity index (χ0v) is 7.53. The molecule has 0 unspecified atom stereocenters. The molecule has 0 heterocycles. The second-order valence-electron chi connectivity index (χ2n) is 3.11. The molecule has 4 N–H and O–H groups in total. The Morgan fingerprint density at radius 3 is 2.29 bits per heavy atom. The highest BCUT2D eigenvalue weighted by molar-refractivity contribution is 6.09. The number of anilines is 1. The summed E-state index contributed by atoms with van der Waals surface area (Å²) < 4.78 is 0. The van der Waals surface area contributed by atoms with E-state index < -0.39 is 5.91 Å². The van der Waals surface area contributed by atoms with E-state index in [0.717, 1.165) is 10.8 Å². The van der Waals surface area contributed by atoms with E-state index in [-0.39, 0.29) is 0 Å². The Labute approximate surface area is 81.3 Å². The molecule has 0 aromatic heterocycles. The van der Waals surface area contributed by atoms with E-state index in [1.807, 2.05) is 24.3 Å². The van der Waals surface area contributed by atoms with Crippen LogP contribution in [0.25, 0.3) is 10.8 Å². The van der Waals surface area contributed by atoms with Gasteiger partial charge < -0.3 is 11.5 Å². The molecule has 3 nitrogen and oxygen atoms in total. The first-order chi connectivity index (χ1) is 6.70. The van der Waals surface area contributed by atoms with Crippen molar-refractivity contribution < 1.29 is 4.79 Å². The molecule has 0 fully saturated rings. The van der Waals surface area contributed by atoms with Gasteiger partial charge >= 0.3 is 0 Å². The maximum Gasteiger partial charge on any atom is 0.249 e. The molecule has 1 amide bonds. The predicted octanol–water partition coefficient (Wildman–Crippen LogP) is 1.52. The zero-order valence-electron chi connectivity index (χ0n) is 7.53. The fourth-order valence-electron chi connectivity index (χ4n) is 1.54. The van der Waals surface area contributed by atoms with Crippen molar-refractivity contribution in [1.29, 1.82) is 0 Å². The second-order valence-corrected chi connectivity index (χ2v) is 3.11. The summed E-state index contributed by atoms with van der Waals surface area (Å²) >= 11 is 0. The van der Waals surface area contributed by atoms with Gasteiger partial charge in [0.2, 0.25) is 5.91 Å². The summed E-state index contributed by atoms with van der Waals surface area (Å²) in [6, 6.07) is 10.8. The number of nitrogens with two attached hydrogens (primary N) is 2. The second kappa shape index (κ2) is 3.03. The molecule has 0 radical (unpaired) electrons. The predicted molar refractivity (Wildman–Crippen MR) is 56.9 cm³/mol. The van der Waals surface area contributed by atoms with Gasteiger partial charge in [0.05, 0.1) is 0 Å². The lowest BCUT2D eigenvalue weighted by molar-refractivity contribution is 0.100. The molecule has 2 aromatic carbocycles. The number of fused-ring (bicyclic) bond motifs is 1. The summed E-state index contributed by atoms with van der Waals surface area (Å²) in [7, 11) is 0. The highest BCUT2D eigenvalue weighted by Crippen LogP contribution is 2.23. The van der Waals surface area contributed by atoms with Crippen LogP contribution < -0.4 is 11.5 Å². The summed E-state index contributed by atoms with van der Waals surface area (Å²) in [5.41, 5.74) is 12.2. The minimum Gasteiger partial charge on any atom is -0.398 e. The third-order valence-corrected chi connectivity index (χ3v) is 2.22. The topological polar surface area (TPSA) is 69.1 Å². The van der Waals surface area contributed by atoms with Gasteiger partial charge in [-0.2, -0.15) is 0 Å². The van der Waals surface area contributed by atoms with Gasteiger partial charge in [0.25, 0.3) is 0 Å². The Morgan fingerprint density at radius 1 is 1.00 bits per heavy atom. The monoisotopic (exact) mass is 186 g/mol. The van der Waals surface area contributed by atoms with Gasteiger partial charge in [0.1, 0.15) is 0 Å². The van der Waals surface area contributed by atoms with Crippen molar-refractivity contribution in [3.05, 3.63) is 42.0 Å². The number of hydrogen-bond acceptors (Lipinski definition) is 2. The van der Waals surface area contributed by atoms with E-state index in [2.05, 4.69) is 0 Å². The third kappa shape index (κ3) is 1.19. The molecule has 2 rings (SSSR count). The fourth-order valence-corrected chi connectivity index (χ4v) is 1.54. The standard InChI is InChI=1S/C11H10N2O/c12-10-6-5-9(11(13)14)7-3-1-2-4-8(7)10/h1-6H,12H2,(H2,13,14). The Bertz CT molecular complexity index is 506. The lowest BCUT2D eigenvalue weighted by atomic mass is 10.0. The molecule has 0 atom stereocenters. The van der Waals surface area contributed by atoms with E-state index in [1.165, 1.54) is 0 Å². The number of hydrogen-bond donors (Lipinski definition) is 2. The summed E-state index contributed by atoms with van der Waals surface area (Å²) in [5, 5.41) is 1.67. The fraction of sp³-hybridized carbons (Fsp3) is 0. The van der Waals surface area contributed by atoms with Crippen LogP contribution in [0.3, 0.4) is 0 Å².